The molecule has 0 saturated carbocycles. The van der Waals surface area contributed by atoms with Crippen molar-refractivity contribution in [2.24, 2.45) is 13.0 Å². The standard InChI is InChI=1S/C11H20N3O.HI/c1-10(2)5-6-13(4)11(15)14-8-7-12(3)9-14;/h7-10H,5-6H2,1-4H3;1H/q+1;/p-1. The molecule has 0 bridgehead atoms. The van der Waals surface area contributed by atoms with Crippen molar-refractivity contribution in [2.45, 2.75) is 20.3 Å². The first-order valence-corrected chi connectivity index (χ1v) is 5.29. The van der Waals surface area contributed by atoms with Crippen LogP contribution in [-0.4, -0.2) is 29.1 Å². The highest BCUT2D eigenvalue weighted by Crippen LogP contribution is 2.02. The molecule has 4 nitrogen and oxygen atoms in total. The molecule has 0 fully saturated rings. The Morgan fingerprint density at radius 2 is 2.12 bits per heavy atom. The van der Waals surface area contributed by atoms with Crippen molar-refractivity contribution in [2.75, 3.05) is 13.6 Å². The smallest absolute Gasteiger partial charge is 0.415 e. The predicted molar refractivity (Wildman–Crippen MR) is 58.5 cm³/mol. The van der Waals surface area contributed by atoms with Crippen molar-refractivity contribution in [1.82, 2.24) is 9.47 Å². The fourth-order valence-electron chi connectivity index (χ4n) is 1.31. The number of carbonyl (C=O) groups excluding carboxylic acids is 1. The minimum absolute atomic E-state index is 0. The minimum Gasteiger partial charge on any atom is -1.00 e. The molecule has 16 heavy (non-hydrogen) atoms. The Hall–Kier alpha value is -0.590. The fourth-order valence-corrected chi connectivity index (χ4v) is 1.31. The lowest BCUT2D eigenvalue weighted by molar-refractivity contribution is -0.670. The number of halogens is 1. The molecule has 1 amide bonds. The number of nitrogens with zero attached hydrogens (tertiary/aromatic N) is 3. The first-order valence-electron chi connectivity index (χ1n) is 5.29. The Labute approximate surface area is 114 Å². The zero-order chi connectivity index (χ0) is 11.4. The summed E-state index contributed by atoms with van der Waals surface area (Å²) in [6.07, 6.45) is 6.44. The lowest BCUT2D eigenvalue weighted by Crippen LogP contribution is -3.00. The van der Waals surface area contributed by atoms with E-state index in [0.717, 1.165) is 13.0 Å². The molecule has 0 aromatic carbocycles. The number of aromatic nitrogens is 2. The molecule has 5 heteroatoms. The molecule has 0 atom stereocenters. The SMILES string of the molecule is CC(C)CCN(C)C(=O)n1cc[n+](C)c1.[I-]. The van der Waals surface area contributed by atoms with Gasteiger partial charge in [0.25, 0.3) is 6.33 Å². The first kappa shape index (κ1) is 15.4. The molecular weight excluding hydrogens is 317 g/mol. The normalized spacial score (nSPS) is 10.1. The molecule has 0 radical (unpaired) electrons. The lowest BCUT2D eigenvalue weighted by Gasteiger charge is -2.14. The summed E-state index contributed by atoms with van der Waals surface area (Å²) in [7, 11) is 3.74. The van der Waals surface area contributed by atoms with Gasteiger partial charge in [-0.3, -0.25) is 0 Å². The molecule has 0 aliphatic rings. The highest BCUT2D eigenvalue weighted by molar-refractivity contribution is 5.76. The molecule has 0 aliphatic heterocycles. The van der Waals surface area contributed by atoms with Gasteiger partial charge in [-0.05, 0) is 12.3 Å². The third-order valence-electron chi connectivity index (χ3n) is 2.36. The topological polar surface area (TPSA) is 29.1 Å². The summed E-state index contributed by atoms with van der Waals surface area (Å²) < 4.78 is 3.45. The molecule has 1 aromatic heterocycles. The van der Waals surface area contributed by atoms with Crippen LogP contribution in [0.3, 0.4) is 0 Å². The molecule has 0 unspecified atom stereocenters. The summed E-state index contributed by atoms with van der Waals surface area (Å²) in [6.45, 7) is 5.13. The summed E-state index contributed by atoms with van der Waals surface area (Å²) in [5, 5.41) is 0. The molecule has 1 rings (SSSR count). The monoisotopic (exact) mass is 337 g/mol. The zero-order valence-electron chi connectivity index (χ0n) is 10.4. The number of amides is 1. The van der Waals surface area contributed by atoms with Gasteiger partial charge in [-0.25, -0.2) is 9.36 Å². The van der Waals surface area contributed by atoms with E-state index in [1.807, 2.05) is 24.9 Å². The van der Waals surface area contributed by atoms with Crippen LogP contribution in [0.5, 0.6) is 0 Å². The van der Waals surface area contributed by atoms with E-state index < -0.39 is 0 Å². The molecule has 0 aliphatic carbocycles. The second-order valence-electron chi connectivity index (χ2n) is 4.37. The zero-order valence-corrected chi connectivity index (χ0v) is 12.5. The van der Waals surface area contributed by atoms with Crippen LogP contribution in [0.4, 0.5) is 4.79 Å². The number of aryl methyl sites for hydroxylation is 1. The number of carbonyl (C=O) groups is 1. The largest absolute Gasteiger partial charge is 1.00 e. The van der Waals surface area contributed by atoms with Crippen molar-refractivity contribution in [3.63, 3.8) is 0 Å². The van der Waals surface area contributed by atoms with Crippen LogP contribution in [0.15, 0.2) is 18.7 Å². The highest BCUT2D eigenvalue weighted by atomic mass is 127. The van der Waals surface area contributed by atoms with Gasteiger partial charge in [0.2, 0.25) is 0 Å². The van der Waals surface area contributed by atoms with Gasteiger partial charge in [0.05, 0.1) is 7.05 Å². The molecular formula is C11H20IN3O. The lowest BCUT2D eigenvalue weighted by atomic mass is 10.1. The highest BCUT2D eigenvalue weighted by Gasteiger charge is 2.16. The van der Waals surface area contributed by atoms with E-state index in [2.05, 4.69) is 13.8 Å². The average Bonchev–Trinajstić information content (AvgIpc) is 2.60. The summed E-state index contributed by atoms with van der Waals surface area (Å²) >= 11 is 0. The van der Waals surface area contributed by atoms with E-state index in [-0.39, 0.29) is 30.0 Å². The van der Waals surface area contributed by atoms with E-state index in [1.165, 1.54) is 0 Å². The van der Waals surface area contributed by atoms with Gasteiger partial charge in [0.15, 0.2) is 0 Å². The van der Waals surface area contributed by atoms with Gasteiger partial charge < -0.3 is 28.9 Å². The van der Waals surface area contributed by atoms with Crippen LogP contribution in [-0.2, 0) is 7.05 Å². The number of hydrogen-bond donors (Lipinski definition) is 0. The maximum Gasteiger partial charge on any atom is 0.415 e. The minimum atomic E-state index is 0. The summed E-state index contributed by atoms with van der Waals surface area (Å²) in [6, 6.07) is 0.0243. The van der Waals surface area contributed by atoms with E-state index in [0.29, 0.717) is 5.92 Å². The van der Waals surface area contributed by atoms with Crippen molar-refractivity contribution in [1.29, 1.82) is 0 Å². The van der Waals surface area contributed by atoms with Crippen LogP contribution in [0, 0.1) is 5.92 Å². The van der Waals surface area contributed by atoms with Crippen LogP contribution in [0.1, 0.15) is 20.3 Å². The summed E-state index contributed by atoms with van der Waals surface area (Å²) in [5.74, 6) is 0.626. The Morgan fingerprint density at radius 1 is 1.50 bits per heavy atom. The van der Waals surface area contributed by atoms with E-state index in [4.69, 9.17) is 0 Å². The van der Waals surface area contributed by atoms with Gasteiger partial charge in [0.1, 0.15) is 12.4 Å². The molecule has 1 heterocycles. The van der Waals surface area contributed by atoms with Crippen LogP contribution < -0.4 is 28.5 Å². The maximum absolute atomic E-state index is 11.8. The summed E-state index contributed by atoms with van der Waals surface area (Å²) in [5.41, 5.74) is 0. The van der Waals surface area contributed by atoms with Gasteiger partial charge in [-0.1, -0.05) is 13.8 Å². The van der Waals surface area contributed by atoms with E-state index >= 15 is 0 Å². The molecule has 0 saturated heterocycles. The van der Waals surface area contributed by atoms with Gasteiger partial charge in [-0.15, -0.1) is 0 Å². The Morgan fingerprint density at radius 3 is 2.56 bits per heavy atom. The molecule has 1 aromatic rings. The quantitative estimate of drug-likeness (QED) is 0.476. The van der Waals surface area contributed by atoms with Crippen molar-refractivity contribution < 1.29 is 33.3 Å². The third-order valence-corrected chi connectivity index (χ3v) is 2.36. The van der Waals surface area contributed by atoms with Crippen molar-refractivity contribution >= 4 is 6.03 Å². The molecule has 92 valence electrons. The van der Waals surface area contributed by atoms with Gasteiger partial charge >= 0.3 is 6.03 Å². The Bertz CT molecular complexity index is 336. The van der Waals surface area contributed by atoms with Crippen molar-refractivity contribution in [3.8, 4) is 0 Å². The second-order valence-corrected chi connectivity index (χ2v) is 4.37. The number of rotatable bonds is 3. The predicted octanol–water partition coefficient (Wildman–Crippen LogP) is -1.74. The third kappa shape index (κ3) is 4.51. The number of hydrogen-bond acceptors (Lipinski definition) is 1. The van der Waals surface area contributed by atoms with E-state index in [1.54, 1.807) is 22.0 Å². The molecule has 0 N–H and O–H groups in total. The van der Waals surface area contributed by atoms with Crippen molar-refractivity contribution in [3.05, 3.63) is 18.7 Å². The molecule has 0 spiro atoms. The average molecular weight is 337 g/mol. The summed E-state index contributed by atoms with van der Waals surface area (Å²) in [4.78, 5) is 13.6. The van der Waals surface area contributed by atoms with Gasteiger partial charge in [-0.2, -0.15) is 4.57 Å². The van der Waals surface area contributed by atoms with Crippen LogP contribution in [0.25, 0.3) is 0 Å². The van der Waals surface area contributed by atoms with Crippen LogP contribution >= 0.6 is 0 Å². The fraction of sp³-hybridized carbons (Fsp3) is 0.636. The Balaban J connectivity index is 0.00000225. The van der Waals surface area contributed by atoms with Crippen LogP contribution in [0.2, 0.25) is 0 Å². The first-order chi connectivity index (χ1) is 7.00. The Kier molecular flexibility index (Phi) is 6.62. The maximum atomic E-state index is 11.8. The van der Waals surface area contributed by atoms with Gasteiger partial charge in [0, 0.05) is 13.6 Å². The second kappa shape index (κ2) is 6.88. The number of imidazole rings is 1. The van der Waals surface area contributed by atoms with E-state index in [9.17, 15) is 4.79 Å².